The fourth-order valence-electron chi connectivity index (χ4n) is 2.41. The lowest BCUT2D eigenvalue weighted by atomic mass is 10.0. The highest BCUT2D eigenvalue weighted by atomic mass is 16.5. The molecule has 0 radical (unpaired) electrons. The fourth-order valence-corrected chi connectivity index (χ4v) is 2.41. The van der Waals surface area contributed by atoms with Gasteiger partial charge in [0.05, 0.1) is 6.10 Å². The number of aliphatic carboxylic acids is 1. The van der Waals surface area contributed by atoms with E-state index in [1.807, 2.05) is 18.2 Å². The van der Waals surface area contributed by atoms with E-state index < -0.39 is 5.97 Å². The van der Waals surface area contributed by atoms with Gasteiger partial charge in [-0.1, -0.05) is 51.0 Å². The molecule has 24 heavy (non-hydrogen) atoms. The molecule has 1 rings (SSSR count). The van der Waals surface area contributed by atoms with Crippen molar-refractivity contribution < 1.29 is 19.7 Å². The van der Waals surface area contributed by atoms with Gasteiger partial charge in [0.2, 0.25) is 0 Å². The van der Waals surface area contributed by atoms with Gasteiger partial charge >= 0.3 is 5.97 Å². The van der Waals surface area contributed by atoms with Crippen molar-refractivity contribution in [1.82, 2.24) is 0 Å². The Morgan fingerprint density at radius 2 is 1.83 bits per heavy atom. The number of para-hydroxylation sites is 1. The molecule has 0 heterocycles. The average Bonchev–Trinajstić information content (AvgIpc) is 2.57. The van der Waals surface area contributed by atoms with Crippen LogP contribution in [0, 0.1) is 0 Å². The van der Waals surface area contributed by atoms with Gasteiger partial charge in [-0.2, -0.15) is 0 Å². The van der Waals surface area contributed by atoms with Crippen molar-refractivity contribution in [3.63, 3.8) is 0 Å². The van der Waals surface area contributed by atoms with E-state index in [1.165, 1.54) is 25.7 Å². The predicted octanol–water partition coefficient (Wildman–Crippen LogP) is 4.96. The summed E-state index contributed by atoms with van der Waals surface area (Å²) in [5.41, 5.74) is 1.05. The highest BCUT2D eigenvalue weighted by Crippen LogP contribution is 2.20. The third kappa shape index (κ3) is 11.7. The summed E-state index contributed by atoms with van der Waals surface area (Å²) in [5.74, 6) is -0.563. The molecular formula is C20H32O4. The number of aromatic hydroxyl groups is 1. The molecule has 1 unspecified atom stereocenters. The van der Waals surface area contributed by atoms with Gasteiger partial charge in [0, 0.05) is 12.7 Å². The molecule has 0 aliphatic rings. The van der Waals surface area contributed by atoms with Gasteiger partial charge in [0.25, 0.3) is 0 Å². The molecule has 0 aromatic heterocycles. The van der Waals surface area contributed by atoms with Crippen LogP contribution in [0.3, 0.4) is 0 Å². The van der Waals surface area contributed by atoms with Crippen LogP contribution in [0.25, 0.3) is 0 Å². The van der Waals surface area contributed by atoms with Crippen molar-refractivity contribution in [2.75, 3.05) is 6.61 Å². The second kappa shape index (κ2) is 14.8. The van der Waals surface area contributed by atoms with E-state index in [0.717, 1.165) is 37.5 Å². The predicted molar refractivity (Wildman–Crippen MR) is 98.4 cm³/mol. The molecule has 0 fully saturated rings. The SMILES string of the molecule is C=CC(=O)O.CCCCCC(CCCc1ccccc1O)OCC. The number of hydrogen-bond donors (Lipinski definition) is 2. The minimum Gasteiger partial charge on any atom is -0.508 e. The number of ether oxygens (including phenoxy) is 1. The lowest BCUT2D eigenvalue weighted by Crippen LogP contribution is -2.13. The third-order valence-corrected chi connectivity index (χ3v) is 3.67. The molecule has 136 valence electrons. The van der Waals surface area contributed by atoms with Crippen molar-refractivity contribution in [2.24, 2.45) is 0 Å². The Morgan fingerprint density at radius 1 is 1.21 bits per heavy atom. The minimum absolute atomic E-state index is 0.391. The molecule has 0 aliphatic heterocycles. The number of aryl methyl sites for hydroxylation is 1. The number of phenols is 1. The zero-order valence-electron chi connectivity index (χ0n) is 15.0. The van der Waals surface area contributed by atoms with Crippen LogP contribution in [0.5, 0.6) is 5.75 Å². The molecule has 4 nitrogen and oxygen atoms in total. The number of phenolic OH excluding ortho intramolecular Hbond substituents is 1. The molecule has 0 spiro atoms. The Bertz CT molecular complexity index is 457. The van der Waals surface area contributed by atoms with Crippen LogP contribution in [0.4, 0.5) is 0 Å². The Hall–Kier alpha value is -1.81. The van der Waals surface area contributed by atoms with E-state index in [-0.39, 0.29) is 0 Å². The Balaban J connectivity index is 0.000000922. The first-order chi connectivity index (χ1) is 11.5. The number of carboxylic acids is 1. The molecule has 0 saturated heterocycles. The zero-order chi connectivity index (χ0) is 18.2. The van der Waals surface area contributed by atoms with Gasteiger partial charge in [-0.15, -0.1) is 0 Å². The molecule has 0 amide bonds. The standard InChI is InChI=1S/C17H28O2.C3H4O2/c1-3-5-6-12-16(19-4-2)13-9-11-15-10-7-8-14-17(15)18;1-2-3(4)5/h7-8,10,14,16,18H,3-6,9,11-13H2,1-2H3;2H,1H2,(H,4,5). The van der Waals surface area contributed by atoms with Gasteiger partial charge in [-0.3, -0.25) is 0 Å². The number of carboxylic acid groups (broad SMARTS) is 1. The van der Waals surface area contributed by atoms with Crippen LogP contribution in [-0.2, 0) is 16.0 Å². The largest absolute Gasteiger partial charge is 0.508 e. The summed E-state index contributed by atoms with van der Waals surface area (Å²) in [5, 5.41) is 17.3. The average molecular weight is 336 g/mol. The van der Waals surface area contributed by atoms with E-state index in [2.05, 4.69) is 20.4 Å². The van der Waals surface area contributed by atoms with E-state index in [0.29, 0.717) is 11.9 Å². The van der Waals surface area contributed by atoms with Gasteiger partial charge in [-0.25, -0.2) is 4.79 Å². The molecule has 4 heteroatoms. The van der Waals surface area contributed by atoms with E-state index in [4.69, 9.17) is 9.84 Å². The van der Waals surface area contributed by atoms with Crippen molar-refractivity contribution in [3.05, 3.63) is 42.5 Å². The molecule has 1 aromatic rings. The smallest absolute Gasteiger partial charge is 0.327 e. The summed E-state index contributed by atoms with van der Waals surface area (Å²) in [6, 6.07) is 7.61. The normalized spacial score (nSPS) is 11.2. The molecule has 1 atom stereocenters. The molecule has 0 saturated carbocycles. The number of hydrogen-bond acceptors (Lipinski definition) is 3. The van der Waals surface area contributed by atoms with Gasteiger partial charge < -0.3 is 14.9 Å². The highest BCUT2D eigenvalue weighted by molar-refractivity contribution is 5.78. The van der Waals surface area contributed by atoms with E-state index in [9.17, 15) is 9.90 Å². The lowest BCUT2D eigenvalue weighted by molar-refractivity contribution is -0.131. The molecule has 0 bridgehead atoms. The first-order valence-electron chi connectivity index (χ1n) is 8.78. The molecule has 1 aromatic carbocycles. The second-order valence-electron chi connectivity index (χ2n) is 5.64. The van der Waals surface area contributed by atoms with Gasteiger partial charge in [0.1, 0.15) is 5.75 Å². The summed E-state index contributed by atoms with van der Waals surface area (Å²) in [6.07, 6.45) is 9.31. The fraction of sp³-hybridized carbons (Fsp3) is 0.550. The van der Waals surface area contributed by atoms with Crippen LogP contribution in [-0.4, -0.2) is 28.9 Å². The zero-order valence-corrected chi connectivity index (χ0v) is 15.0. The van der Waals surface area contributed by atoms with Crippen molar-refractivity contribution in [1.29, 1.82) is 0 Å². The molecular weight excluding hydrogens is 304 g/mol. The Morgan fingerprint density at radius 3 is 2.38 bits per heavy atom. The van der Waals surface area contributed by atoms with Crippen molar-refractivity contribution in [3.8, 4) is 5.75 Å². The topological polar surface area (TPSA) is 66.8 Å². The summed E-state index contributed by atoms with van der Waals surface area (Å²) in [4.78, 5) is 9.25. The summed E-state index contributed by atoms with van der Waals surface area (Å²) in [7, 11) is 0. The highest BCUT2D eigenvalue weighted by Gasteiger charge is 2.08. The van der Waals surface area contributed by atoms with Crippen LogP contribution >= 0.6 is 0 Å². The number of benzene rings is 1. The number of carbonyl (C=O) groups is 1. The van der Waals surface area contributed by atoms with Crippen LogP contribution in [0.15, 0.2) is 36.9 Å². The van der Waals surface area contributed by atoms with Crippen molar-refractivity contribution in [2.45, 2.75) is 64.9 Å². The van der Waals surface area contributed by atoms with Crippen LogP contribution < -0.4 is 0 Å². The minimum atomic E-state index is -0.981. The first-order valence-corrected chi connectivity index (χ1v) is 8.78. The van der Waals surface area contributed by atoms with E-state index in [1.54, 1.807) is 6.07 Å². The third-order valence-electron chi connectivity index (χ3n) is 3.67. The molecule has 2 N–H and O–H groups in total. The van der Waals surface area contributed by atoms with Crippen molar-refractivity contribution >= 4 is 5.97 Å². The lowest BCUT2D eigenvalue weighted by Gasteiger charge is -2.17. The maximum atomic E-state index is 9.72. The van der Waals surface area contributed by atoms with Gasteiger partial charge in [-0.05, 0) is 44.2 Å². The van der Waals surface area contributed by atoms with Crippen LogP contribution in [0.2, 0.25) is 0 Å². The Kier molecular flexibility index (Phi) is 13.6. The maximum Gasteiger partial charge on any atom is 0.327 e. The number of rotatable bonds is 11. The molecule has 0 aliphatic carbocycles. The quantitative estimate of drug-likeness (QED) is 0.443. The monoisotopic (exact) mass is 336 g/mol. The first kappa shape index (κ1) is 22.2. The second-order valence-corrected chi connectivity index (χ2v) is 5.64. The number of unbranched alkanes of at least 4 members (excludes halogenated alkanes) is 2. The Labute approximate surface area is 146 Å². The van der Waals surface area contributed by atoms with Crippen LogP contribution in [0.1, 0.15) is 57.9 Å². The summed E-state index contributed by atoms with van der Waals surface area (Å²) >= 11 is 0. The summed E-state index contributed by atoms with van der Waals surface area (Å²) < 4.78 is 5.79. The summed E-state index contributed by atoms with van der Waals surface area (Å²) in [6.45, 7) is 8.05. The van der Waals surface area contributed by atoms with E-state index >= 15 is 0 Å². The maximum absolute atomic E-state index is 9.72. The van der Waals surface area contributed by atoms with Gasteiger partial charge in [0.15, 0.2) is 0 Å².